The van der Waals surface area contributed by atoms with E-state index in [1.54, 1.807) is 18.3 Å². The maximum atomic E-state index is 11.3. The molecule has 0 spiro atoms. The molecule has 12 heavy (non-hydrogen) atoms. The molecular weight excluding hydrogens is 156 g/mol. The Morgan fingerprint density at radius 3 is 3.08 bits per heavy atom. The van der Waals surface area contributed by atoms with E-state index in [-0.39, 0.29) is 17.9 Å². The summed E-state index contributed by atoms with van der Waals surface area (Å²) in [4.78, 5) is 11.3. The molecular formula is C8H8N2O2. The van der Waals surface area contributed by atoms with E-state index in [2.05, 4.69) is 0 Å². The monoisotopic (exact) mass is 164 g/mol. The van der Waals surface area contributed by atoms with Crippen LogP contribution in [0.15, 0.2) is 23.1 Å². The van der Waals surface area contributed by atoms with Gasteiger partial charge in [-0.15, -0.1) is 0 Å². The number of nitriles is 1. The lowest BCUT2D eigenvalue weighted by Gasteiger charge is -2.02. The predicted molar refractivity (Wildman–Crippen MR) is 42.4 cm³/mol. The van der Waals surface area contributed by atoms with Crippen LogP contribution in [0.3, 0.4) is 0 Å². The van der Waals surface area contributed by atoms with Gasteiger partial charge >= 0.3 is 0 Å². The van der Waals surface area contributed by atoms with Crippen molar-refractivity contribution in [2.45, 2.75) is 6.73 Å². The van der Waals surface area contributed by atoms with Crippen molar-refractivity contribution in [1.29, 1.82) is 5.26 Å². The van der Waals surface area contributed by atoms with Gasteiger partial charge in [0.1, 0.15) is 18.4 Å². The molecule has 1 aromatic rings. The van der Waals surface area contributed by atoms with E-state index < -0.39 is 0 Å². The smallest absolute Gasteiger partial charge is 0.270 e. The third-order valence-corrected chi connectivity index (χ3v) is 1.41. The first-order chi connectivity index (χ1) is 5.79. The molecule has 0 aromatic carbocycles. The highest BCUT2D eigenvalue weighted by Gasteiger charge is 1.99. The molecule has 1 heterocycles. The standard InChI is InChI=1S/C8H8N2O2/c1-12-6-10-4-2-3-7(5-9)8(10)11/h2-4H,6H2,1H3. The van der Waals surface area contributed by atoms with Gasteiger partial charge in [-0.05, 0) is 12.1 Å². The van der Waals surface area contributed by atoms with Gasteiger partial charge in [0.05, 0.1) is 0 Å². The summed E-state index contributed by atoms with van der Waals surface area (Å²) in [5, 5.41) is 8.51. The molecule has 4 heteroatoms. The molecule has 0 fully saturated rings. The molecule has 62 valence electrons. The minimum absolute atomic E-state index is 0.134. The van der Waals surface area contributed by atoms with E-state index in [1.165, 1.54) is 17.7 Å². The van der Waals surface area contributed by atoms with E-state index in [1.807, 2.05) is 0 Å². The Balaban J connectivity index is 3.17. The minimum Gasteiger partial charge on any atom is -0.364 e. The molecule has 4 nitrogen and oxygen atoms in total. The Kier molecular flexibility index (Phi) is 2.62. The van der Waals surface area contributed by atoms with Crippen LogP contribution in [-0.2, 0) is 11.5 Å². The van der Waals surface area contributed by atoms with Gasteiger partial charge in [-0.25, -0.2) is 0 Å². The van der Waals surface area contributed by atoms with Gasteiger partial charge in [0.15, 0.2) is 0 Å². The molecule has 1 rings (SSSR count). The summed E-state index contributed by atoms with van der Waals surface area (Å²) in [5.74, 6) is 0. The van der Waals surface area contributed by atoms with Crippen molar-refractivity contribution in [2.75, 3.05) is 7.11 Å². The SMILES string of the molecule is COCn1cccc(C#N)c1=O. The first-order valence-electron chi connectivity index (χ1n) is 3.38. The molecule has 0 amide bonds. The molecule has 0 aliphatic rings. The van der Waals surface area contributed by atoms with E-state index in [0.717, 1.165) is 0 Å². The Morgan fingerprint density at radius 1 is 1.75 bits per heavy atom. The third-order valence-electron chi connectivity index (χ3n) is 1.41. The summed E-state index contributed by atoms with van der Waals surface area (Å²) >= 11 is 0. The number of rotatable bonds is 2. The Hall–Kier alpha value is -1.60. The fourth-order valence-electron chi connectivity index (χ4n) is 0.863. The van der Waals surface area contributed by atoms with Crippen LogP contribution in [0.5, 0.6) is 0 Å². The molecule has 0 unspecified atom stereocenters. The summed E-state index contributed by atoms with van der Waals surface area (Å²) in [5.41, 5.74) is -0.184. The summed E-state index contributed by atoms with van der Waals surface area (Å²) in [6, 6.07) is 4.92. The van der Waals surface area contributed by atoms with Crippen molar-refractivity contribution in [3.05, 3.63) is 34.2 Å². The first kappa shape index (κ1) is 8.50. The van der Waals surface area contributed by atoms with Crippen LogP contribution >= 0.6 is 0 Å². The molecule has 0 atom stereocenters. The minimum atomic E-state index is -0.318. The number of hydrogen-bond donors (Lipinski definition) is 0. The second-order valence-corrected chi connectivity index (χ2v) is 2.23. The van der Waals surface area contributed by atoms with Gasteiger partial charge in [0, 0.05) is 13.3 Å². The van der Waals surface area contributed by atoms with Gasteiger partial charge in [-0.2, -0.15) is 5.26 Å². The number of nitrogens with zero attached hydrogens (tertiary/aromatic N) is 2. The topological polar surface area (TPSA) is 55.0 Å². The summed E-state index contributed by atoms with van der Waals surface area (Å²) < 4.78 is 6.09. The van der Waals surface area contributed by atoms with Gasteiger partial charge in [-0.3, -0.25) is 9.36 Å². The zero-order chi connectivity index (χ0) is 8.97. The maximum Gasteiger partial charge on any atom is 0.270 e. The summed E-state index contributed by atoms with van der Waals surface area (Å²) in [6.45, 7) is 0.175. The van der Waals surface area contributed by atoms with Crippen molar-refractivity contribution in [1.82, 2.24) is 4.57 Å². The van der Waals surface area contributed by atoms with E-state index in [0.29, 0.717) is 0 Å². The predicted octanol–water partition coefficient (Wildman–Crippen LogP) is 0.324. The largest absolute Gasteiger partial charge is 0.364 e. The van der Waals surface area contributed by atoms with Crippen molar-refractivity contribution < 1.29 is 4.74 Å². The summed E-state index contributed by atoms with van der Waals surface area (Å²) in [7, 11) is 1.49. The Morgan fingerprint density at radius 2 is 2.50 bits per heavy atom. The molecule has 0 aliphatic heterocycles. The lowest BCUT2D eigenvalue weighted by molar-refractivity contribution is 0.128. The normalized spacial score (nSPS) is 9.33. The van der Waals surface area contributed by atoms with Crippen molar-refractivity contribution in [3.8, 4) is 6.07 Å². The van der Waals surface area contributed by atoms with Crippen LogP contribution in [0.25, 0.3) is 0 Å². The highest BCUT2D eigenvalue weighted by molar-refractivity contribution is 5.24. The quantitative estimate of drug-likeness (QED) is 0.632. The van der Waals surface area contributed by atoms with Crippen LogP contribution in [-0.4, -0.2) is 11.7 Å². The molecule has 0 saturated carbocycles. The number of hydrogen-bond acceptors (Lipinski definition) is 3. The zero-order valence-corrected chi connectivity index (χ0v) is 6.65. The van der Waals surface area contributed by atoms with E-state index >= 15 is 0 Å². The number of pyridine rings is 1. The summed E-state index contributed by atoms with van der Waals surface area (Å²) in [6.07, 6.45) is 1.58. The van der Waals surface area contributed by atoms with Crippen LogP contribution in [0.1, 0.15) is 5.56 Å². The van der Waals surface area contributed by atoms with Crippen LogP contribution in [0.4, 0.5) is 0 Å². The van der Waals surface area contributed by atoms with Gasteiger partial charge in [0.25, 0.3) is 5.56 Å². The molecule has 0 aliphatic carbocycles. The van der Waals surface area contributed by atoms with Crippen molar-refractivity contribution in [2.24, 2.45) is 0 Å². The zero-order valence-electron chi connectivity index (χ0n) is 6.65. The average Bonchev–Trinajstić information content (AvgIpc) is 2.09. The van der Waals surface area contributed by atoms with Gasteiger partial charge in [0.2, 0.25) is 0 Å². The Labute approximate surface area is 69.6 Å². The van der Waals surface area contributed by atoms with Crippen LogP contribution in [0.2, 0.25) is 0 Å². The average molecular weight is 164 g/mol. The molecule has 0 N–H and O–H groups in total. The number of aromatic nitrogens is 1. The fourth-order valence-corrected chi connectivity index (χ4v) is 0.863. The van der Waals surface area contributed by atoms with Crippen molar-refractivity contribution >= 4 is 0 Å². The van der Waals surface area contributed by atoms with Crippen LogP contribution in [0, 0.1) is 11.3 Å². The highest BCUT2D eigenvalue weighted by atomic mass is 16.5. The lowest BCUT2D eigenvalue weighted by Crippen LogP contribution is -2.22. The van der Waals surface area contributed by atoms with Gasteiger partial charge < -0.3 is 4.74 Å². The molecule has 0 radical (unpaired) electrons. The molecule has 0 saturated heterocycles. The fraction of sp³-hybridized carbons (Fsp3) is 0.250. The van der Waals surface area contributed by atoms with E-state index in [9.17, 15) is 4.79 Å². The molecule has 0 bridgehead atoms. The maximum absolute atomic E-state index is 11.3. The third kappa shape index (κ3) is 1.52. The second-order valence-electron chi connectivity index (χ2n) is 2.23. The van der Waals surface area contributed by atoms with Crippen molar-refractivity contribution in [3.63, 3.8) is 0 Å². The highest BCUT2D eigenvalue weighted by Crippen LogP contribution is 1.89. The second kappa shape index (κ2) is 3.69. The lowest BCUT2D eigenvalue weighted by atomic mass is 10.3. The van der Waals surface area contributed by atoms with E-state index in [4.69, 9.17) is 10.00 Å². The number of methoxy groups -OCH3 is 1. The first-order valence-corrected chi connectivity index (χ1v) is 3.38. The number of ether oxygens (including phenoxy) is 1. The van der Waals surface area contributed by atoms with Crippen LogP contribution < -0.4 is 5.56 Å². The molecule has 1 aromatic heterocycles. The Bertz CT molecular complexity index is 362. The van der Waals surface area contributed by atoms with Gasteiger partial charge in [-0.1, -0.05) is 0 Å².